The second-order valence-corrected chi connectivity index (χ2v) is 26.5. The molecule has 4 aromatic heterocycles. The van der Waals surface area contributed by atoms with Gasteiger partial charge in [0.15, 0.2) is 0 Å². The molecule has 4 N–H and O–H groups in total. The first-order valence-corrected chi connectivity index (χ1v) is 31.5. The van der Waals surface area contributed by atoms with Gasteiger partial charge in [-0.1, -0.05) is 111 Å². The molecule has 0 bridgehead atoms. The molecule has 10 rings (SSSR count). The lowest BCUT2D eigenvalue weighted by Gasteiger charge is -2.33. The number of H-pyrrole nitrogens is 4. The van der Waals surface area contributed by atoms with Gasteiger partial charge in [0.05, 0.1) is 51.0 Å². The molecule has 0 spiro atoms. The van der Waals surface area contributed by atoms with E-state index in [2.05, 4.69) is 13.8 Å². The summed E-state index contributed by atoms with van der Waals surface area (Å²) in [7, 11) is -1.80. The van der Waals surface area contributed by atoms with E-state index in [1.54, 1.807) is 0 Å². The highest BCUT2D eigenvalue weighted by Crippen LogP contribution is 2.22. The van der Waals surface area contributed by atoms with Crippen LogP contribution in [0.1, 0.15) is 112 Å². The van der Waals surface area contributed by atoms with E-state index in [1.165, 1.54) is 0 Å². The van der Waals surface area contributed by atoms with Crippen molar-refractivity contribution < 1.29 is 54.8 Å². The number of nitrogens with one attached hydrogen (secondary N) is 4. The fraction of sp³-hybridized carbons (Fsp3) is 0.394. The van der Waals surface area contributed by atoms with E-state index >= 15 is 0 Å². The molecule has 98 heavy (non-hydrogen) atoms. The molecule has 2 saturated heterocycles. The molecule has 8 aromatic rings. The number of hydrogen-bond donors (Lipinski definition) is 4. The molecule has 0 amide bonds. The minimum atomic E-state index is -1.02. The van der Waals surface area contributed by atoms with Gasteiger partial charge in [0.25, 0.3) is 22.2 Å². The number of rotatable bonds is 18. The van der Waals surface area contributed by atoms with Crippen molar-refractivity contribution in [2.75, 3.05) is 26.4 Å². The van der Waals surface area contributed by atoms with Gasteiger partial charge in [-0.3, -0.25) is 57.4 Å². The van der Waals surface area contributed by atoms with Crippen molar-refractivity contribution in [1.29, 1.82) is 0 Å². The Morgan fingerprint density at radius 1 is 0.439 bits per heavy atom. The van der Waals surface area contributed by atoms with Crippen LogP contribution in [0.25, 0.3) is 0 Å². The summed E-state index contributed by atoms with van der Waals surface area (Å²) in [6, 6.07) is 29.3. The largest absolute Gasteiger partial charge is 0.494 e. The molecule has 2 fully saturated rings. The second kappa shape index (κ2) is 34.2. The van der Waals surface area contributed by atoms with Crippen LogP contribution < -0.4 is 66.8 Å². The zero-order valence-corrected chi connectivity index (χ0v) is 56.7. The van der Waals surface area contributed by atoms with Crippen LogP contribution in [0.15, 0.2) is 160 Å². The Bertz CT molecular complexity index is 4410. The Hall–Kier alpha value is -8.74. The highest BCUT2D eigenvalue weighted by molar-refractivity contribution is 6.62. The minimum absolute atomic E-state index is 0.00567. The number of hydrogen-bond acceptors (Lipinski definition) is 16. The Morgan fingerprint density at radius 2 is 0.704 bits per heavy atom. The van der Waals surface area contributed by atoms with Gasteiger partial charge in [0.2, 0.25) is 23.3 Å². The maximum atomic E-state index is 13.4. The lowest BCUT2D eigenvalue weighted by Crippen LogP contribution is -2.47. The Balaban J connectivity index is 0.000000184. The van der Waals surface area contributed by atoms with Crippen molar-refractivity contribution in [3.63, 3.8) is 0 Å². The van der Waals surface area contributed by atoms with Gasteiger partial charge in [-0.05, 0) is 120 Å². The molecule has 520 valence electrons. The molecule has 0 saturated carbocycles. The summed E-state index contributed by atoms with van der Waals surface area (Å²) < 4.78 is 104. The summed E-state index contributed by atoms with van der Waals surface area (Å²) in [6.07, 6.45) is 4.52. The van der Waals surface area contributed by atoms with Crippen LogP contribution in [0, 0.1) is 28.7 Å². The van der Waals surface area contributed by atoms with Crippen LogP contribution in [-0.2, 0) is 63.4 Å². The van der Waals surface area contributed by atoms with E-state index in [0.717, 1.165) is 93.6 Å². The van der Waals surface area contributed by atoms with Gasteiger partial charge >= 0.3 is 51.2 Å². The quantitative estimate of drug-likeness (QED) is 0.0704. The second-order valence-electron chi connectivity index (χ2n) is 26.5. The van der Waals surface area contributed by atoms with Gasteiger partial charge in [-0.2, -0.15) is 17.6 Å². The van der Waals surface area contributed by atoms with Crippen LogP contribution in [-0.4, -0.2) is 117 Å². The number of aromatic nitrogens is 8. The molecule has 0 aliphatic carbocycles. The molecule has 32 heteroatoms. The fourth-order valence-corrected chi connectivity index (χ4v) is 9.36. The summed E-state index contributed by atoms with van der Waals surface area (Å²) in [5.74, 6) is -3.96. The summed E-state index contributed by atoms with van der Waals surface area (Å²) in [4.78, 5) is 98.7. The lowest BCUT2D eigenvalue weighted by molar-refractivity contribution is 0.0343. The zero-order valence-electron chi connectivity index (χ0n) is 56.7. The molecule has 24 nitrogen and oxygen atoms in total. The van der Waals surface area contributed by atoms with Crippen molar-refractivity contribution in [2.24, 2.45) is 5.41 Å². The molecule has 0 radical (unpaired) electrons. The molecule has 2 aliphatic heterocycles. The fourth-order valence-electron chi connectivity index (χ4n) is 9.36. The van der Waals surface area contributed by atoms with Crippen molar-refractivity contribution in [2.45, 2.75) is 139 Å². The third-order valence-corrected chi connectivity index (χ3v) is 14.1. The summed E-state index contributed by atoms with van der Waals surface area (Å²) in [5, 5.41) is 0. The van der Waals surface area contributed by atoms with Gasteiger partial charge < -0.3 is 37.2 Å². The minimum Gasteiger partial charge on any atom is -0.407 e. The number of nitrogens with zero attached hydrogens (tertiary/aromatic N) is 4. The van der Waals surface area contributed by atoms with Crippen molar-refractivity contribution in [3.8, 4) is 0 Å². The highest BCUT2D eigenvalue weighted by atomic mass is 19.1. The topological polar surface area (TPSA) is 293 Å². The van der Waals surface area contributed by atoms with Crippen LogP contribution in [0.4, 0.5) is 17.6 Å². The molecule has 0 unspecified atom stereocenters. The third kappa shape index (κ3) is 23.8. The number of halogens is 4. The first-order valence-electron chi connectivity index (χ1n) is 31.5. The van der Waals surface area contributed by atoms with E-state index < -0.39 is 101 Å². The van der Waals surface area contributed by atoms with Gasteiger partial charge in [0.1, 0.15) is 0 Å². The molecule has 6 heterocycles. The molecular formula is C66H80B4F4N8O16. The molecule has 0 atom stereocenters. The SMILES string of the molecule is CC(C)(C)OB(OC(C)(C)C)c1ccc(Cn2cc(F)c(=O)[nH]c2=O)cc1.CC(C)OB(OC(C)C)c1ccc(Cn2cc(F)c(=O)[nH]c2=O)cc1.CC1(C)COB(c2ccc(Cn3cc(F)c(=O)[nH]c3=O)cc2)OC1.O=c1[nH]c(=O)n(Cc2ccc(B3OCCCO3)cc2)cc1F. The van der Waals surface area contributed by atoms with Crippen molar-refractivity contribution in [1.82, 2.24) is 38.2 Å². The smallest absolute Gasteiger partial charge is 0.407 e. The lowest BCUT2D eigenvalue weighted by atomic mass is 9.76. The van der Waals surface area contributed by atoms with Crippen molar-refractivity contribution in [3.05, 3.63) is 251 Å². The van der Waals surface area contributed by atoms with E-state index in [9.17, 15) is 55.9 Å². The van der Waals surface area contributed by atoms with Crippen LogP contribution >= 0.6 is 0 Å². The van der Waals surface area contributed by atoms with Crippen LogP contribution in [0.5, 0.6) is 0 Å². The average molecular weight is 1360 g/mol. The predicted octanol–water partition coefficient (Wildman–Crippen LogP) is 3.67. The summed E-state index contributed by atoms with van der Waals surface area (Å²) >= 11 is 0. The van der Waals surface area contributed by atoms with Gasteiger partial charge in [-0.25, -0.2) is 19.2 Å². The predicted molar refractivity (Wildman–Crippen MR) is 365 cm³/mol. The van der Waals surface area contributed by atoms with Gasteiger partial charge in [-0.15, -0.1) is 0 Å². The molecular weight excluding hydrogens is 1280 g/mol. The van der Waals surface area contributed by atoms with E-state index in [4.69, 9.17) is 37.2 Å². The maximum absolute atomic E-state index is 13.4. The molecule has 4 aromatic carbocycles. The molecule has 2 aliphatic rings. The number of aromatic amines is 4. The van der Waals surface area contributed by atoms with Crippen LogP contribution in [0.3, 0.4) is 0 Å². The third-order valence-electron chi connectivity index (χ3n) is 14.1. The van der Waals surface area contributed by atoms with E-state index in [-0.39, 0.29) is 50.9 Å². The summed E-state index contributed by atoms with van der Waals surface area (Å²) in [5.41, 5.74) is -0.826. The average Bonchev–Trinajstić information content (AvgIpc) is 0.864. The number of benzene rings is 4. The Labute approximate surface area is 562 Å². The maximum Gasteiger partial charge on any atom is 0.494 e. The van der Waals surface area contributed by atoms with Gasteiger partial charge in [0, 0.05) is 55.3 Å². The Kier molecular flexibility index (Phi) is 26.7. The Morgan fingerprint density at radius 3 is 0.980 bits per heavy atom. The zero-order chi connectivity index (χ0) is 71.8. The highest BCUT2D eigenvalue weighted by Gasteiger charge is 2.34. The summed E-state index contributed by atoms with van der Waals surface area (Å²) in [6.45, 7) is 26.8. The monoisotopic (exact) mass is 1360 g/mol. The van der Waals surface area contributed by atoms with E-state index in [0.29, 0.717) is 26.4 Å². The first kappa shape index (κ1) is 76.6. The van der Waals surface area contributed by atoms with E-state index in [1.807, 2.05) is 186 Å². The normalized spacial score (nSPS) is 13.8. The van der Waals surface area contributed by atoms with Crippen LogP contribution in [0.2, 0.25) is 0 Å². The van der Waals surface area contributed by atoms with Crippen molar-refractivity contribution >= 4 is 50.3 Å². The first-order chi connectivity index (χ1) is 46.1. The standard InChI is InChI=1S/C19H26BFN2O4.C17H22BFN2O4.C16H18BFN2O4.C14H14BFN2O4/c1-18(2,3)26-20(27-19(4,5)6)14-9-7-13(8-10-14)11-23-12-15(21)16(24)22-17(23)25;1-11(2)24-18(25-12(3)4)14-7-5-13(6-8-14)9-21-10-15(19)16(22)20-17(21)23;1-16(2)9-23-17(24-10-16)12-5-3-11(4-6-12)7-20-8-13(18)14(21)19-15(20)22;16-12-9-18(14(20)17-13(12)19)8-10-2-4-11(5-3-10)15-21-6-1-7-22-15/h7-10,12H,11H2,1-6H3,(H,22,24,25);5-8,10-12H,9H2,1-4H3,(H,20,22,23);3-6,8H,7,9-10H2,1-2H3,(H,19,21,22);2-5,9H,1,6-8H2,(H,17,19,20).